The predicted molar refractivity (Wildman–Crippen MR) is 87.5 cm³/mol. The summed E-state index contributed by atoms with van der Waals surface area (Å²) in [5, 5.41) is 0. The fourth-order valence-electron chi connectivity index (χ4n) is 3.64. The van der Waals surface area contributed by atoms with E-state index < -0.39 is 0 Å². The molecule has 2 aliphatic rings. The summed E-state index contributed by atoms with van der Waals surface area (Å²) < 4.78 is 0. The van der Waals surface area contributed by atoms with Crippen molar-refractivity contribution in [3.8, 4) is 0 Å². The highest BCUT2D eigenvalue weighted by Gasteiger charge is 2.18. The summed E-state index contributed by atoms with van der Waals surface area (Å²) in [5.74, 6) is 0.298. The molecule has 2 aliphatic carbocycles. The molecule has 0 aliphatic heterocycles. The van der Waals surface area contributed by atoms with Crippen LogP contribution < -0.4 is 0 Å². The molecule has 2 heteroatoms. The first kappa shape index (κ1) is 13.3. The van der Waals surface area contributed by atoms with Gasteiger partial charge in [-0.25, -0.2) is 0 Å². The molecule has 21 heavy (non-hydrogen) atoms. The number of rotatable bonds is 3. The normalized spacial score (nSPS) is 16.6. The van der Waals surface area contributed by atoms with Gasteiger partial charge in [-0.2, -0.15) is 0 Å². The second kappa shape index (κ2) is 5.42. The van der Waals surface area contributed by atoms with E-state index in [2.05, 4.69) is 24.3 Å². The van der Waals surface area contributed by atoms with Crippen molar-refractivity contribution >= 4 is 17.1 Å². The van der Waals surface area contributed by atoms with E-state index in [0.717, 1.165) is 11.3 Å². The summed E-state index contributed by atoms with van der Waals surface area (Å²) in [6.45, 7) is 0. The minimum Gasteiger partial charge on any atom is -0.293 e. The van der Waals surface area contributed by atoms with Crippen LogP contribution in [0, 0.1) is 0 Å². The van der Waals surface area contributed by atoms with Crippen molar-refractivity contribution in [1.29, 1.82) is 0 Å². The van der Waals surface area contributed by atoms with E-state index >= 15 is 0 Å². The molecule has 0 spiro atoms. The molecular formula is C19H20OS. The highest BCUT2D eigenvalue weighted by molar-refractivity contribution is 7.14. The maximum Gasteiger partial charge on any atom is 0.177 e. The van der Waals surface area contributed by atoms with Gasteiger partial charge >= 0.3 is 0 Å². The van der Waals surface area contributed by atoms with Gasteiger partial charge in [0.15, 0.2) is 5.78 Å². The molecule has 0 atom stereocenters. The Morgan fingerprint density at radius 2 is 1.71 bits per heavy atom. The van der Waals surface area contributed by atoms with Gasteiger partial charge in [0, 0.05) is 11.3 Å². The number of thiophene rings is 1. The molecule has 2 aromatic rings. The molecule has 0 unspecified atom stereocenters. The zero-order valence-electron chi connectivity index (χ0n) is 12.3. The average Bonchev–Trinajstić information content (AvgIpc) is 3.13. The standard InChI is InChI=1S/C19H20OS/c20-17(19-12-16-4-1-2-7-18(16)21-19)11-13-8-9-14-5-3-6-15(14)10-13/h8-10,12H,1-7,11H2. The smallest absolute Gasteiger partial charge is 0.177 e. The number of Topliss-reactive ketones (excluding diaryl/α,β-unsaturated/α-hetero) is 1. The van der Waals surface area contributed by atoms with Crippen molar-refractivity contribution in [2.75, 3.05) is 0 Å². The van der Waals surface area contributed by atoms with E-state index in [-0.39, 0.29) is 0 Å². The summed E-state index contributed by atoms with van der Waals surface area (Å²) in [7, 11) is 0. The van der Waals surface area contributed by atoms with Gasteiger partial charge in [-0.3, -0.25) is 4.79 Å². The molecule has 4 rings (SSSR count). The maximum absolute atomic E-state index is 12.5. The lowest BCUT2D eigenvalue weighted by atomic mass is 9.98. The van der Waals surface area contributed by atoms with Crippen LogP contribution in [0.5, 0.6) is 0 Å². The van der Waals surface area contributed by atoms with Crippen molar-refractivity contribution in [3.05, 3.63) is 56.3 Å². The van der Waals surface area contributed by atoms with Crippen LogP contribution in [0.4, 0.5) is 0 Å². The fraction of sp³-hybridized carbons (Fsp3) is 0.421. The summed E-state index contributed by atoms with van der Waals surface area (Å²) >= 11 is 1.74. The third-order valence-electron chi connectivity index (χ3n) is 4.80. The molecule has 1 heterocycles. The molecule has 1 nitrogen and oxygen atoms in total. The lowest BCUT2D eigenvalue weighted by Gasteiger charge is -2.08. The first-order valence-corrected chi connectivity index (χ1v) is 8.87. The van der Waals surface area contributed by atoms with Crippen molar-refractivity contribution < 1.29 is 4.79 Å². The van der Waals surface area contributed by atoms with Gasteiger partial charge in [0.05, 0.1) is 4.88 Å². The monoisotopic (exact) mass is 296 g/mol. The van der Waals surface area contributed by atoms with Gasteiger partial charge in [-0.1, -0.05) is 18.2 Å². The van der Waals surface area contributed by atoms with Gasteiger partial charge in [0.25, 0.3) is 0 Å². The molecular weight excluding hydrogens is 276 g/mol. The Bertz CT molecular complexity index is 672. The Morgan fingerprint density at radius 3 is 2.62 bits per heavy atom. The van der Waals surface area contributed by atoms with Crippen LogP contribution in [0.3, 0.4) is 0 Å². The topological polar surface area (TPSA) is 17.1 Å². The van der Waals surface area contributed by atoms with Crippen molar-refractivity contribution in [2.24, 2.45) is 0 Å². The lowest BCUT2D eigenvalue weighted by molar-refractivity contribution is 0.0997. The molecule has 108 valence electrons. The number of carbonyl (C=O) groups excluding carboxylic acids is 1. The zero-order valence-corrected chi connectivity index (χ0v) is 13.1. The number of fused-ring (bicyclic) bond motifs is 2. The molecule has 0 amide bonds. The summed E-state index contributed by atoms with van der Waals surface area (Å²) in [6.07, 6.45) is 9.13. The molecule has 0 fully saturated rings. The summed E-state index contributed by atoms with van der Waals surface area (Å²) in [4.78, 5) is 15.0. The van der Waals surface area contributed by atoms with Crippen LogP contribution >= 0.6 is 11.3 Å². The lowest BCUT2D eigenvalue weighted by Crippen LogP contribution is -2.02. The first-order chi connectivity index (χ1) is 10.3. The third-order valence-corrected chi connectivity index (χ3v) is 6.08. The van der Waals surface area contributed by atoms with Gasteiger partial charge < -0.3 is 0 Å². The SMILES string of the molecule is O=C(Cc1ccc2c(c1)CCC2)c1cc2c(s1)CCCC2. The molecule has 0 saturated heterocycles. The van der Waals surface area contributed by atoms with Gasteiger partial charge in [-0.05, 0) is 73.3 Å². The Morgan fingerprint density at radius 1 is 0.905 bits per heavy atom. The Hall–Kier alpha value is -1.41. The second-order valence-corrected chi connectivity index (χ2v) is 7.46. The zero-order chi connectivity index (χ0) is 14.2. The quantitative estimate of drug-likeness (QED) is 0.760. The first-order valence-electron chi connectivity index (χ1n) is 8.05. The van der Waals surface area contributed by atoms with Crippen LogP contribution in [0.2, 0.25) is 0 Å². The van der Waals surface area contributed by atoms with E-state index in [1.807, 2.05) is 0 Å². The largest absolute Gasteiger partial charge is 0.293 e. The highest BCUT2D eigenvalue weighted by atomic mass is 32.1. The number of carbonyl (C=O) groups is 1. The van der Waals surface area contributed by atoms with E-state index in [4.69, 9.17) is 0 Å². The minimum absolute atomic E-state index is 0.298. The number of benzene rings is 1. The van der Waals surface area contributed by atoms with Crippen LogP contribution in [0.1, 0.15) is 56.1 Å². The maximum atomic E-state index is 12.5. The number of hydrogen-bond acceptors (Lipinski definition) is 2. The van der Waals surface area contributed by atoms with Crippen LogP contribution in [-0.4, -0.2) is 5.78 Å². The van der Waals surface area contributed by atoms with Crippen molar-refractivity contribution in [3.63, 3.8) is 0 Å². The number of ketones is 1. The highest BCUT2D eigenvalue weighted by Crippen LogP contribution is 2.30. The Balaban J connectivity index is 1.54. The molecule has 1 aromatic heterocycles. The van der Waals surface area contributed by atoms with E-state index in [0.29, 0.717) is 12.2 Å². The molecule has 1 aromatic carbocycles. The molecule has 0 radical (unpaired) electrons. The average molecular weight is 296 g/mol. The molecule has 0 saturated carbocycles. The number of aryl methyl sites for hydroxylation is 4. The molecule has 0 bridgehead atoms. The van der Waals surface area contributed by atoms with E-state index in [1.165, 1.54) is 65.7 Å². The van der Waals surface area contributed by atoms with Crippen LogP contribution in [0.15, 0.2) is 24.3 Å². The van der Waals surface area contributed by atoms with Gasteiger partial charge in [0.2, 0.25) is 0 Å². The summed E-state index contributed by atoms with van der Waals surface area (Å²) in [5.41, 5.74) is 5.57. The van der Waals surface area contributed by atoms with Crippen molar-refractivity contribution in [2.45, 2.75) is 51.4 Å². The van der Waals surface area contributed by atoms with E-state index in [9.17, 15) is 4.79 Å². The van der Waals surface area contributed by atoms with Crippen LogP contribution in [0.25, 0.3) is 0 Å². The van der Waals surface area contributed by atoms with Gasteiger partial charge in [-0.15, -0.1) is 11.3 Å². The van der Waals surface area contributed by atoms with Gasteiger partial charge in [0.1, 0.15) is 0 Å². The minimum atomic E-state index is 0.298. The summed E-state index contributed by atoms with van der Waals surface area (Å²) in [6, 6.07) is 8.79. The predicted octanol–water partition coefficient (Wildman–Crippen LogP) is 4.54. The number of hydrogen-bond donors (Lipinski definition) is 0. The Kier molecular flexibility index (Phi) is 3.42. The van der Waals surface area contributed by atoms with E-state index in [1.54, 1.807) is 11.3 Å². The fourth-order valence-corrected chi connectivity index (χ4v) is 4.83. The van der Waals surface area contributed by atoms with Crippen molar-refractivity contribution in [1.82, 2.24) is 0 Å². The van der Waals surface area contributed by atoms with Crippen LogP contribution in [-0.2, 0) is 32.1 Å². The third kappa shape index (κ3) is 2.57. The Labute approximate surface area is 130 Å². The second-order valence-electron chi connectivity index (χ2n) is 6.32. The molecule has 0 N–H and O–H groups in total.